The maximum Gasteiger partial charge on any atom is 0.0181 e. The second kappa shape index (κ2) is 9.60. The molecular weight excluding hydrogens is 728 g/mol. The molecule has 0 aromatic heterocycles. The molecule has 0 saturated carbocycles. The highest BCUT2D eigenvalue weighted by molar-refractivity contribution is 9.11. The van der Waals surface area contributed by atoms with Crippen molar-refractivity contribution >= 4 is 87.0 Å². The number of halogens is 4. The van der Waals surface area contributed by atoms with E-state index < -0.39 is 0 Å². The minimum Gasteiger partial charge on any atom is -0.0611 e. The molecule has 0 fully saturated rings. The molecule has 2 aliphatic carbocycles. The van der Waals surface area contributed by atoms with Gasteiger partial charge >= 0.3 is 0 Å². The molecule has 0 heterocycles. The van der Waals surface area contributed by atoms with Crippen LogP contribution in [-0.2, 0) is 0 Å². The van der Waals surface area contributed by atoms with Crippen molar-refractivity contribution in [2.24, 2.45) is 0 Å². The highest BCUT2D eigenvalue weighted by atomic mass is 79.9. The van der Waals surface area contributed by atoms with E-state index in [1.54, 1.807) is 0 Å². The van der Waals surface area contributed by atoms with E-state index in [2.05, 4.69) is 173 Å². The van der Waals surface area contributed by atoms with E-state index in [9.17, 15) is 0 Å². The third-order valence-corrected chi connectivity index (χ3v) is 9.17. The fourth-order valence-corrected chi connectivity index (χ4v) is 7.01. The Balaban J connectivity index is 1.37. The Bertz CT molecular complexity index is 1620. The first kappa shape index (κ1) is 24.5. The molecule has 0 amide bonds. The first-order chi connectivity index (χ1) is 18.4. The van der Waals surface area contributed by atoms with Crippen LogP contribution in [-0.4, -0.2) is 0 Å². The topological polar surface area (TPSA) is 0 Å². The Labute approximate surface area is 255 Å². The monoisotopic (exact) mass is 742 g/mol. The normalized spacial score (nSPS) is 12.6. The van der Waals surface area contributed by atoms with Crippen LogP contribution >= 0.6 is 63.7 Å². The first-order valence-corrected chi connectivity index (χ1v) is 15.4. The molecule has 182 valence electrons. The van der Waals surface area contributed by atoms with E-state index in [-0.39, 0.29) is 0 Å². The van der Waals surface area contributed by atoms with Crippen LogP contribution in [0.2, 0.25) is 0 Å². The quantitative estimate of drug-likeness (QED) is 0.165. The molecule has 4 heteroatoms. The Morgan fingerprint density at radius 1 is 0.342 bits per heavy atom. The van der Waals surface area contributed by atoms with Gasteiger partial charge in [-0.1, -0.05) is 106 Å². The summed E-state index contributed by atoms with van der Waals surface area (Å²) in [6, 6.07) is 35.0. The second-order valence-electron chi connectivity index (χ2n) is 9.55. The summed E-state index contributed by atoms with van der Waals surface area (Å²) in [6.07, 6.45) is 4.63. The van der Waals surface area contributed by atoms with Crippen LogP contribution in [0.15, 0.2) is 115 Å². The van der Waals surface area contributed by atoms with Crippen LogP contribution < -0.4 is 0 Å². The molecule has 0 N–H and O–H groups in total. The lowest BCUT2D eigenvalue weighted by Crippen LogP contribution is -1.85. The van der Waals surface area contributed by atoms with Gasteiger partial charge in [-0.25, -0.2) is 0 Å². The summed E-state index contributed by atoms with van der Waals surface area (Å²) in [5.74, 6) is 0. The lowest BCUT2D eigenvalue weighted by atomic mass is 9.98. The van der Waals surface area contributed by atoms with Crippen molar-refractivity contribution in [3.8, 4) is 22.3 Å². The van der Waals surface area contributed by atoms with Crippen LogP contribution in [0.3, 0.4) is 0 Å². The standard InChI is InChI=1S/C34H18Br4/c35-21-4-8-25-26-9-5-22(36)16-32(26)29(31(25)15-21)13-19-2-1-3-20(12-19)14-30-33-17-23(37)6-10-27(33)28-11-7-24(38)18-34(28)30/h1-18H. The van der Waals surface area contributed by atoms with Crippen LogP contribution in [0.1, 0.15) is 33.4 Å². The van der Waals surface area contributed by atoms with Gasteiger partial charge in [0, 0.05) is 17.9 Å². The Morgan fingerprint density at radius 2 is 0.658 bits per heavy atom. The van der Waals surface area contributed by atoms with Crippen LogP contribution in [0.5, 0.6) is 0 Å². The maximum atomic E-state index is 3.68. The Hall–Kier alpha value is -2.50. The summed E-state index contributed by atoms with van der Waals surface area (Å²) in [5, 5.41) is 0. The Kier molecular flexibility index (Phi) is 6.20. The predicted octanol–water partition coefficient (Wildman–Crippen LogP) is 11.9. The van der Waals surface area contributed by atoms with E-state index in [4.69, 9.17) is 0 Å². The van der Waals surface area contributed by atoms with Gasteiger partial charge in [-0.05, 0) is 134 Å². The molecule has 0 radical (unpaired) electrons. The van der Waals surface area contributed by atoms with Crippen molar-refractivity contribution in [2.45, 2.75) is 0 Å². The summed E-state index contributed by atoms with van der Waals surface area (Å²) in [4.78, 5) is 0. The molecule has 5 aromatic carbocycles. The van der Waals surface area contributed by atoms with E-state index in [1.807, 2.05) is 0 Å². The van der Waals surface area contributed by atoms with Crippen LogP contribution in [0.25, 0.3) is 45.6 Å². The average Bonchev–Trinajstić information content (AvgIpc) is 3.35. The molecule has 0 nitrogen and oxygen atoms in total. The van der Waals surface area contributed by atoms with Crippen LogP contribution in [0, 0.1) is 0 Å². The largest absolute Gasteiger partial charge is 0.0611 e. The SMILES string of the molecule is Brc1ccc2c(c1)C(=Cc1cccc(C=C3c4cc(Br)ccc4-c4ccc(Br)cc43)c1)c1cc(Br)ccc1-2. The molecule has 0 aliphatic heterocycles. The molecule has 0 saturated heterocycles. The average molecular weight is 746 g/mol. The van der Waals surface area contributed by atoms with Crippen LogP contribution in [0.4, 0.5) is 0 Å². The first-order valence-electron chi connectivity index (χ1n) is 12.2. The van der Waals surface area contributed by atoms with Crippen molar-refractivity contribution in [1.82, 2.24) is 0 Å². The van der Waals surface area contributed by atoms with E-state index >= 15 is 0 Å². The third-order valence-electron chi connectivity index (χ3n) is 7.20. The summed E-state index contributed by atoms with van der Waals surface area (Å²) < 4.78 is 4.35. The minimum atomic E-state index is 1.09. The zero-order valence-corrected chi connectivity index (χ0v) is 26.2. The molecule has 0 bridgehead atoms. The van der Waals surface area contributed by atoms with Gasteiger partial charge in [-0.2, -0.15) is 0 Å². The zero-order chi connectivity index (χ0) is 26.0. The third kappa shape index (κ3) is 4.23. The molecule has 0 unspecified atom stereocenters. The molecular formula is C34H18Br4. The van der Waals surface area contributed by atoms with Crippen molar-refractivity contribution in [1.29, 1.82) is 0 Å². The van der Waals surface area contributed by atoms with E-state index in [1.165, 1.54) is 66.8 Å². The molecule has 0 atom stereocenters. The minimum absolute atomic E-state index is 1.09. The maximum absolute atomic E-state index is 3.68. The fourth-order valence-electron chi connectivity index (χ4n) is 5.57. The van der Waals surface area contributed by atoms with Gasteiger partial charge in [0.15, 0.2) is 0 Å². The van der Waals surface area contributed by atoms with E-state index in [0.717, 1.165) is 17.9 Å². The number of hydrogen-bond acceptors (Lipinski definition) is 0. The molecule has 0 spiro atoms. The Morgan fingerprint density at radius 3 is 0.974 bits per heavy atom. The summed E-state index contributed by atoms with van der Waals surface area (Å²) in [7, 11) is 0. The molecule has 7 rings (SSSR count). The second-order valence-corrected chi connectivity index (χ2v) is 13.2. The van der Waals surface area contributed by atoms with Gasteiger partial charge in [0.2, 0.25) is 0 Å². The molecule has 2 aliphatic rings. The van der Waals surface area contributed by atoms with E-state index in [0.29, 0.717) is 0 Å². The number of rotatable bonds is 2. The highest BCUT2D eigenvalue weighted by Crippen LogP contribution is 2.48. The molecule has 5 aromatic rings. The number of fused-ring (bicyclic) bond motifs is 6. The number of hydrogen-bond donors (Lipinski definition) is 0. The molecule has 38 heavy (non-hydrogen) atoms. The van der Waals surface area contributed by atoms with Gasteiger partial charge in [-0.15, -0.1) is 0 Å². The lowest BCUT2D eigenvalue weighted by Gasteiger charge is -2.07. The van der Waals surface area contributed by atoms with Crippen molar-refractivity contribution in [3.05, 3.63) is 148 Å². The number of benzene rings is 5. The summed E-state index contributed by atoms with van der Waals surface area (Å²) >= 11 is 14.7. The summed E-state index contributed by atoms with van der Waals surface area (Å²) in [5.41, 5.74) is 14.9. The predicted molar refractivity (Wildman–Crippen MR) is 175 cm³/mol. The van der Waals surface area contributed by atoms with Crippen molar-refractivity contribution in [3.63, 3.8) is 0 Å². The van der Waals surface area contributed by atoms with Gasteiger partial charge in [0.25, 0.3) is 0 Å². The van der Waals surface area contributed by atoms with Crippen molar-refractivity contribution < 1.29 is 0 Å². The lowest BCUT2D eigenvalue weighted by molar-refractivity contribution is 1.59. The van der Waals surface area contributed by atoms with Crippen molar-refractivity contribution in [2.75, 3.05) is 0 Å². The zero-order valence-electron chi connectivity index (χ0n) is 19.9. The summed E-state index contributed by atoms with van der Waals surface area (Å²) in [6.45, 7) is 0. The van der Waals surface area contributed by atoms with Gasteiger partial charge in [0.1, 0.15) is 0 Å². The highest BCUT2D eigenvalue weighted by Gasteiger charge is 2.25. The van der Waals surface area contributed by atoms with Gasteiger partial charge < -0.3 is 0 Å². The smallest absolute Gasteiger partial charge is 0.0181 e. The van der Waals surface area contributed by atoms with Gasteiger partial charge in [-0.3, -0.25) is 0 Å². The fraction of sp³-hybridized carbons (Fsp3) is 0. The van der Waals surface area contributed by atoms with Gasteiger partial charge in [0.05, 0.1) is 0 Å².